The number of hydrogen-bond donors (Lipinski definition) is 1. The first-order chi connectivity index (χ1) is 11.1. The normalized spacial score (nSPS) is 14.8. The number of fused-ring (bicyclic) bond motifs is 1. The van der Waals surface area contributed by atoms with Gasteiger partial charge in [0, 0.05) is 17.6 Å². The molecule has 0 aromatic heterocycles. The number of carboxylic acid groups (broad SMARTS) is 1. The van der Waals surface area contributed by atoms with Crippen molar-refractivity contribution in [3.63, 3.8) is 0 Å². The average molecular weight is 308 g/mol. The number of hydrogen-bond acceptors (Lipinski definition) is 3. The average Bonchev–Trinajstić information content (AvgIpc) is 2.84. The van der Waals surface area contributed by atoms with E-state index in [1.807, 2.05) is 48.5 Å². The van der Waals surface area contributed by atoms with Gasteiger partial charge in [0.2, 0.25) is 0 Å². The van der Waals surface area contributed by atoms with E-state index in [4.69, 9.17) is 9.84 Å². The molecule has 0 heterocycles. The van der Waals surface area contributed by atoms with Crippen molar-refractivity contribution in [1.82, 2.24) is 0 Å². The minimum absolute atomic E-state index is 0.0425. The number of rotatable bonds is 5. The molecule has 0 atom stereocenters. The number of benzene rings is 2. The lowest BCUT2D eigenvalue weighted by molar-refractivity contribution is -0.137. The second-order valence-corrected chi connectivity index (χ2v) is 5.40. The van der Waals surface area contributed by atoms with Crippen LogP contribution in [0.25, 0.3) is 6.08 Å². The van der Waals surface area contributed by atoms with Gasteiger partial charge in [-0.1, -0.05) is 36.4 Å². The minimum atomic E-state index is -0.891. The summed E-state index contributed by atoms with van der Waals surface area (Å²) in [5, 5.41) is 8.62. The van der Waals surface area contributed by atoms with Crippen LogP contribution in [0, 0.1) is 0 Å². The number of aliphatic carboxylic acids is 1. The van der Waals surface area contributed by atoms with Gasteiger partial charge in [0.05, 0.1) is 13.0 Å². The van der Waals surface area contributed by atoms with Gasteiger partial charge in [-0.25, -0.2) is 0 Å². The van der Waals surface area contributed by atoms with E-state index >= 15 is 0 Å². The second-order valence-electron chi connectivity index (χ2n) is 5.40. The van der Waals surface area contributed by atoms with Crippen LogP contribution in [0.3, 0.4) is 0 Å². The summed E-state index contributed by atoms with van der Waals surface area (Å²) in [6.07, 6.45) is 2.46. The van der Waals surface area contributed by atoms with Crippen LogP contribution in [0.15, 0.2) is 54.1 Å². The van der Waals surface area contributed by atoms with E-state index in [2.05, 4.69) is 0 Å². The molecule has 116 valence electrons. The highest BCUT2D eigenvalue weighted by molar-refractivity contribution is 6.15. The third-order valence-electron chi connectivity index (χ3n) is 3.72. The van der Waals surface area contributed by atoms with Crippen LogP contribution in [0.2, 0.25) is 0 Å². The number of carboxylic acids is 1. The molecular formula is C19H16O4. The Hall–Kier alpha value is -2.88. The summed E-state index contributed by atoms with van der Waals surface area (Å²) < 4.78 is 5.42. The highest BCUT2D eigenvalue weighted by Gasteiger charge is 2.23. The molecule has 1 aliphatic carbocycles. The molecule has 0 fully saturated rings. The van der Waals surface area contributed by atoms with E-state index in [-0.39, 0.29) is 18.8 Å². The van der Waals surface area contributed by atoms with Crippen molar-refractivity contribution in [3.05, 3.63) is 70.8 Å². The molecule has 2 aromatic rings. The molecule has 0 aliphatic heterocycles. The molecule has 0 unspecified atom stereocenters. The maximum atomic E-state index is 12.4. The topological polar surface area (TPSA) is 63.6 Å². The van der Waals surface area contributed by atoms with E-state index in [9.17, 15) is 9.59 Å². The number of ether oxygens (including phenoxy) is 1. The highest BCUT2D eigenvalue weighted by Crippen LogP contribution is 2.28. The quantitative estimate of drug-likeness (QED) is 0.860. The zero-order valence-corrected chi connectivity index (χ0v) is 12.5. The number of ketones is 1. The smallest absolute Gasteiger partial charge is 0.306 e. The monoisotopic (exact) mass is 308 g/mol. The summed E-state index contributed by atoms with van der Waals surface area (Å²) in [6.45, 7) is 0.125. The van der Waals surface area contributed by atoms with Gasteiger partial charge >= 0.3 is 5.97 Å². The minimum Gasteiger partial charge on any atom is -0.493 e. The Bertz CT molecular complexity index is 789. The van der Waals surface area contributed by atoms with Crippen LogP contribution in [0.5, 0.6) is 5.75 Å². The summed E-state index contributed by atoms with van der Waals surface area (Å²) in [6, 6.07) is 14.9. The van der Waals surface area contributed by atoms with Crippen LogP contribution in [-0.2, 0) is 11.2 Å². The molecule has 3 rings (SSSR count). The predicted octanol–water partition coefficient (Wildman–Crippen LogP) is 3.36. The molecule has 23 heavy (non-hydrogen) atoms. The van der Waals surface area contributed by atoms with Crippen LogP contribution in [-0.4, -0.2) is 23.5 Å². The summed E-state index contributed by atoms with van der Waals surface area (Å²) in [7, 11) is 0. The zero-order valence-electron chi connectivity index (χ0n) is 12.5. The van der Waals surface area contributed by atoms with Crippen molar-refractivity contribution in [1.29, 1.82) is 0 Å². The van der Waals surface area contributed by atoms with Crippen LogP contribution in [0.1, 0.15) is 27.9 Å². The first-order valence-corrected chi connectivity index (χ1v) is 7.41. The Kier molecular flexibility index (Phi) is 4.24. The molecule has 0 bridgehead atoms. The molecule has 0 saturated heterocycles. The summed E-state index contributed by atoms with van der Waals surface area (Å²) in [4.78, 5) is 22.9. The Morgan fingerprint density at radius 3 is 2.78 bits per heavy atom. The molecule has 2 aromatic carbocycles. The molecule has 0 amide bonds. The fraction of sp³-hybridized carbons (Fsp3) is 0.158. The summed E-state index contributed by atoms with van der Waals surface area (Å²) in [5.41, 5.74) is 3.45. The van der Waals surface area contributed by atoms with E-state index in [1.54, 1.807) is 6.07 Å². The van der Waals surface area contributed by atoms with Gasteiger partial charge in [-0.05, 0) is 29.3 Å². The molecule has 0 saturated carbocycles. The zero-order chi connectivity index (χ0) is 16.2. The van der Waals surface area contributed by atoms with Crippen molar-refractivity contribution in [3.8, 4) is 5.75 Å². The third kappa shape index (κ3) is 3.48. The van der Waals surface area contributed by atoms with E-state index in [0.717, 1.165) is 22.3 Å². The Morgan fingerprint density at radius 1 is 1.17 bits per heavy atom. The number of carbonyl (C=O) groups is 2. The van der Waals surface area contributed by atoms with Gasteiger partial charge in [-0.15, -0.1) is 0 Å². The van der Waals surface area contributed by atoms with E-state index in [1.165, 1.54) is 0 Å². The van der Waals surface area contributed by atoms with Gasteiger partial charge in [0.25, 0.3) is 0 Å². The highest BCUT2D eigenvalue weighted by atomic mass is 16.5. The lowest BCUT2D eigenvalue weighted by Crippen LogP contribution is -2.04. The summed E-state index contributed by atoms with van der Waals surface area (Å²) >= 11 is 0. The summed E-state index contributed by atoms with van der Waals surface area (Å²) in [5.74, 6) is -0.223. The van der Waals surface area contributed by atoms with Gasteiger partial charge in [0.1, 0.15) is 5.75 Å². The first-order valence-electron chi connectivity index (χ1n) is 7.41. The van der Waals surface area contributed by atoms with Crippen molar-refractivity contribution in [2.75, 3.05) is 6.61 Å². The Balaban J connectivity index is 1.76. The Labute approximate surface area is 134 Å². The van der Waals surface area contributed by atoms with E-state index < -0.39 is 5.97 Å². The number of carbonyl (C=O) groups excluding carboxylic acids is 1. The number of Topliss-reactive ketones (excluding diaryl/α,β-unsaturated/α-hetero) is 1. The lowest BCUT2D eigenvalue weighted by atomic mass is 10.1. The second kappa shape index (κ2) is 6.48. The molecule has 0 radical (unpaired) electrons. The van der Waals surface area contributed by atoms with Gasteiger partial charge in [-0.3, -0.25) is 9.59 Å². The van der Waals surface area contributed by atoms with Crippen molar-refractivity contribution in [2.45, 2.75) is 12.8 Å². The fourth-order valence-corrected chi connectivity index (χ4v) is 2.62. The van der Waals surface area contributed by atoms with Crippen LogP contribution < -0.4 is 4.74 Å². The standard InChI is InChI=1S/C19H16O4/c20-18(21)8-9-23-16-6-3-4-13(11-16)10-15-12-14-5-1-2-7-17(14)19(15)22/h1-7,10-11H,8-9,12H2,(H,20,21)/b15-10-. The molecule has 0 spiro atoms. The van der Waals surface area contributed by atoms with E-state index in [0.29, 0.717) is 12.2 Å². The Morgan fingerprint density at radius 2 is 2.00 bits per heavy atom. The SMILES string of the molecule is O=C(O)CCOc1cccc(/C=C2/Cc3ccccc3C2=O)c1. The van der Waals surface area contributed by atoms with Gasteiger partial charge in [-0.2, -0.15) is 0 Å². The van der Waals surface area contributed by atoms with Crippen LogP contribution in [0.4, 0.5) is 0 Å². The first kappa shape index (κ1) is 15.0. The third-order valence-corrected chi connectivity index (χ3v) is 3.72. The maximum absolute atomic E-state index is 12.4. The molecule has 1 N–H and O–H groups in total. The lowest BCUT2D eigenvalue weighted by Gasteiger charge is -2.05. The number of allylic oxidation sites excluding steroid dienone is 1. The molecule has 4 heteroatoms. The molecular weight excluding hydrogens is 292 g/mol. The fourth-order valence-electron chi connectivity index (χ4n) is 2.62. The molecule has 1 aliphatic rings. The van der Waals surface area contributed by atoms with Gasteiger partial charge in [0.15, 0.2) is 5.78 Å². The van der Waals surface area contributed by atoms with Crippen molar-refractivity contribution < 1.29 is 19.4 Å². The van der Waals surface area contributed by atoms with Gasteiger partial charge < -0.3 is 9.84 Å². The molecule has 4 nitrogen and oxygen atoms in total. The van der Waals surface area contributed by atoms with Crippen LogP contribution >= 0.6 is 0 Å². The largest absolute Gasteiger partial charge is 0.493 e. The van der Waals surface area contributed by atoms with Crippen molar-refractivity contribution in [2.24, 2.45) is 0 Å². The predicted molar refractivity (Wildman–Crippen MR) is 86.6 cm³/mol. The maximum Gasteiger partial charge on any atom is 0.306 e. The van der Waals surface area contributed by atoms with Crippen molar-refractivity contribution >= 4 is 17.8 Å².